The summed E-state index contributed by atoms with van der Waals surface area (Å²) in [5.74, 6) is 1.40. The van der Waals surface area contributed by atoms with E-state index in [1.807, 2.05) is 32.2 Å². The zero-order valence-electron chi connectivity index (χ0n) is 11.4. The van der Waals surface area contributed by atoms with E-state index in [4.69, 9.17) is 9.47 Å². The van der Waals surface area contributed by atoms with Crippen LogP contribution in [0, 0.1) is 17.2 Å². The molecule has 2 atom stereocenters. The van der Waals surface area contributed by atoms with Gasteiger partial charge in [0.15, 0.2) is 0 Å². The third-order valence-corrected chi connectivity index (χ3v) is 3.09. The number of hydrogen-bond donors (Lipinski definition) is 1. The normalized spacial score (nSPS) is 13.5. The average molecular weight is 248 g/mol. The number of nitrogens with one attached hydrogen (secondary N) is 1. The monoisotopic (exact) mass is 248 g/mol. The molecule has 0 heterocycles. The molecule has 0 saturated heterocycles. The van der Waals surface area contributed by atoms with Crippen molar-refractivity contribution in [3.8, 4) is 17.6 Å². The maximum atomic E-state index is 9.20. The molecule has 0 aromatic heterocycles. The van der Waals surface area contributed by atoms with Gasteiger partial charge in [0.25, 0.3) is 0 Å². The number of rotatable bonds is 6. The lowest BCUT2D eigenvalue weighted by Crippen LogP contribution is -2.24. The van der Waals surface area contributed by atoms with Gasteiger partial charge >= 0.3 is 0 Å². The van der Waals surface area contributed by atoms with Crippen LogP contribution in [0.25, 0.3) is 0 Å². The Balaban J connectivity index is 3.17. The van der Waals surface area contributed by atoms with Crippen molar-refractivity contribution in [2.75, 3.05) is 21.3 Å². The van der Waals surface area contributed by atoms with Crippen molar-refractivity contribution in [1.29, 1.82) is 5.26 Å². The molecule has 0 fully saturated rings. The summed E-state index contributed by atoms with van der Waals surface area (Å²) < 4.78 is 10.6. The standard InChI is InChI=1S/C14H20N2O2/c1-5-10(9-15)14(16-2)12-7-6-11(17-3)8-13(12)18-4/h6-8,10,14,16H,5H2,1-4H3. The third-order valence-electron chi connectivity index (χ3n) is 3.09. The lowest BCUT2D eigenvalue weighted by Gasteiger charge is -2.23. The number of ether oxygens (including phenoxy) is 2. The Morgan fingerprint density at radius 3 is 2.50 bits per heavy atom. The maximum absolute atomic E-state index is 9.20. The van der Waals surface area contributed by atoms with Gasteiger partial charge in [-0.3, -0.25) is 0 Å². The fourth-order valence-corrected chi connectivity index (χ4v) is 2.05. The van der Waals surface area contributed by atoms with E-state index in [1.165, 1.54) is 0 Å². The van der Waals surface area contributed by atoms with Crippen molar-refractivity contribution in [2.24, 2.45) is 5.92 Å². The third kappa shape index (κ3) is 2.93. The molecule has 2 unspecified atom stereocenters. The molecule has 0 radical (unpaired) electrons. The molecule has 4 nitrogen and oxygen atoms in total. The van der Waals surface area contributed by atoms with Crippen LogP contribution in [0.5, 0.6) is 11.5 Å². The van der Waals surface area contributed by atoms with E-state index < -0.39 is 0 Å². The first kappa shape index (κ1) is 14.3. The van der Waals surface area contributed by atoms with Crippen LogP contribution in [0.4, 0.5) is 0 Å². The molecule has 1 rings (SSSR count). The summed E-state index contributed by atoms with van der Waals surface area (Å²) in [6, 6.07) is 7.95. The van der Waals surface area contributed by atoms with Gasteiger partial charge in [-0.25, -0.2) is 0 Å². The topological polar surface area (TPSA) is 54.3 Å². The van der Waals surface area contributed by atoms with Crippen molar-refractivity contribution < 1.29 is 9.47 Å². The van der Waals surface area contributed by atoms with Crippen LogP contribution in [-0.4, -0.2) is 21.3 Å². The summed E-state index contributed by atoms with van der Waals surface area (Å²) in [6.45, 7) is 2.01. The molecule has 18 heavy (non-hydrogen) atoms. The van der Waals surface area contributed by atoms with Crippen LogP contribution in [0.3, 0.4) is 0 Å². The lowest BCUT2D eigenvalue weighted by molar-refractivity contribution is 0.374. The van der Waals surface area contributed by atoms with Gasteiger partial charge in [-0.15, -0.1) is 0 Å². The van der Waals surface area contributed by atoms with Crippen LogP contribution >= 0.6 is 0 Å². The molecule has 0 amide bonds. The second kappa shape index (κ2) is 6.87. The summed E-state index contributed by atoms with van der Waals surface area (Å²) in [7, 11) is 5.10. The fourth-order valence-electron chi connectivity index (χ4n) is 2.05. The summed E-state index contributed by atoms with van der Waals surface area (Å²) in [5, 5.41) is 12.4. The van der Waals surface area contributed by atoms with Crippen molar-refractivity contribution >= 4 is 0 Å². The van der Waals surface area contributed by atoms with Crippen molar-refractivity contribution in [2.45, 2.75) is 19.4 Å². The predicted molar refractivity (Wildman–Crippen MR) is 70.7 cm³/mol. The smallest absolute Gasteiger partial charge is 0.127 e. The SMILES string of the molecule is CCC(C#N)C(NC)c1ccc(OC)cc1OC. The zero-order valence-corrected chi connectivity index (χ0v) is 11.4. The molecule has 1 N–H and O–H groups in total. The molecule has 4 heteroatoms. The molecule has 0 bridgehead atoms. The minimum absolute atomic E-state index is 0.0409. The second-order valence-electron chi connectivity index (χ2n) is 4.02. The van der Waals surface area contributed by atoms with E-state index >= 15 is 0 Å². The first-order valence-electron chi connectivity index (χ1n) is 6.00. The summed E-state index contributed by atoms with van der Waals surface area (Å²) in [5.41, 5.74) is 0.981. The molecule has 0 aliphatic carbocycles. The summed E-state index contributed by atoms with van der Waals surface area (Å²) >= 11 is 0. The Kier molecular flexibility index (Phi) is 5.47. The first-order chi connectivity index (χ1) is 8.71. The van der Waals surface area contributed by atoms with Crippen molar-refractivity contribution in [3.05, 3.63) is 23.8 Å². The van der Waals surface area contributed by atoms with Gasteiger partial charge in [-0.05, 0) is 19.5 Å². The Bertz CT molecular complexity index is 426. The molecular formula is C14H20N2O2. The molecular weight excluding hydrogens is 228 g/mol. The Hall–Kier alpha value is -1.73. The van der Waals surface area contributed by atoms with Crippen LogP contribution in [0.2, 0.25) is 0 Å². The van der Waals surface area contributed by atoms with E-state index in [2.05, 4.69) is 11.4 Å². The molecule has 0 aliphatic rings. The van der Waals surface area contributed by atoms with E-state index in [0.29, 0.717) is 0 Å². The molecule has 0 aliphatic heterocycles. The van der Waals surface area contributed by atoms with Crippen LogP contribution < -0.4 is 14.8 Å². The Morgan fingerprint density at radius 2 is 2.06 bits per heavy atom. The zero-order chi connectivity index (χ0) is 13.5. The van der Waals surface area contributed by atoms with Gasteiger partial charge in [-0.1, -0.05) is 13.0 Å². The van der Waals surface area contributed by atoms with Crippen LogP contribution in [0.15, 0.2) is 18.2 Å². The van der Waals surface area contributed by atoms with Crippen molar-refractivity contribution in [1.82, 2.24) is 5.32 Å². The second-order valence-corrected chi connectivity index (χ2v) is 4.02. The maximum Gasteiger partial charge on any atom is 0.127 e. The Labute approximate surface area is 109 Å². The van der Waals surface area contributed by atoms with E-state index in [-0.39, 0.29) is 12.0 Å². The van der Waals surface area contributed by atoms with Gasteiger partial charge in [-0.2, -0.15) is 5.26 Å². The van der Waals surface area contributed by atoms with Crippen LogP contribution in [-0.2, 0) is 0 Å². The minimum Gasteiger partial charge on any atom is -0.497 e. The number of nitriles is 1. The van der Waals surface area contributed by atoms with Gasteiger partial charge in [0.05, 0.1) is 32.2 Å². The highest BCUT2D eigenvalue weighted by atomic mass is 16.5. The highest BCUT2D eigenvalue weighted by molar-refractivity contribution is 5.43. The lowest BCUT2D eigenvalue weighted by atomic mass is 9.91. The quantitative estimate of drug-likeness (QED) is 0.840. The highest BCUT2D eigenvalue weighted by Crippen LogP contribution is 2.33. The van der Waals surface area contributed by atoms with Gasteiger partial charge in [0.1, 0.15) is 11.5 Å². The largest absolute Gasteiger partial charge is 0.497 e. The van der Waals surface area contributed by atoms with Gasteiger partial charge in [0.2, 0.25) is 0 Å². The van der Waals surface area contributed by atoms with Crippen LogP contribution in [0.1, 0.15) is 24.9 Å². The number of nitrogens with zero attached hydrogens (tertiary/aromatic N) is 1. The predicted octanol–water partition coefficient (Wildman–Crippen LogP) is 2.51. The van der Waals surface area contributed by atoms with E-state index in [0.717, 1.165) is 23.5 Å². The van der Waals surface area contributed by atoms with Gasteiger partial charge in [0, 0.05) is 11.6 Å². The first-order valence-corrected chi connectivity index (χ1v) is 6.00. The fraction of sp³-hybridized carbons (Fsp3) is 0.500. The summed E-state index contributed by atoms with van der Waals surface area (Å²) in [6.07, 6.45) is 0.789. The average Bonchev–Trinajstić information content (AvgIpc) is 2.44. The molecule has 0 saturated carbocycles. The molecule has 98 valence electrons. The number of hydrogen-bond acceptors (Lipinski definition) is 4. The summed E-state index contributed by atoms with van der Waals surface area (Å²) in [4.78, 5) is 0. The van der Waals surface area contributed by atoms with E-state index in [1.54, 1.807) is 14.2 Å². The van der Waals surface area contributed by atoms with E-state index in [9.17, 15) is 5.26 Å². The molecule has 0 spiro atoms. The van der Waals surface area contributed by atoms with Gasteiger partial charge < -0.3 is 14.8 Å². The Morgan fingerprint density at radius 1 is 1.33 bits per heavy atom. The number of benzene rings is 1. The minimum atomic E-state index is -0.0858. The van der Waals surface area contributed by atoms with Crippen molar-refractivity contribution in [3.63, 3.8) is 0 Å². The number of methoxy groups -OCH3 is 2. The molecule has 1 aromatic rings. The highest BCUT2D eigenvalue weighted by Gasteiger charge is 2.23. The molecule has 1 aromatic carbocycles.